The van der Waals surface area contributed by atoms with Crippen LogP contribution in [0.1, 0.15) is 25.7 Å². The molecule has 0 amide bonds. The lowest BCUT2D eigenvalue weighted by molar-refractivity contribution is 0.393. The molecule has 0 N–H and O–H groups in total. The second-order valence-corrected chi connectivity index (χ2v) is 5.85. The molecule has 58 valence electrons. The maximum atomic E-state index is 5.32. The fourth-order valence-electron chi connectivity index (χ4n) is 2.79. The Kier molecular flexibility index (Phi) is 1.83. The normalized spacial score (nSPS) is 45.9. The topological polar surface area (TPSA) is 9.23 Å². The lowest BCUT2D eigenvalue weighted by Crippen LogP contribution is -2.12. The molecular formula is C8H16OSi. The number of rotatable bonds is 2. The van der Waals surface area contributed by atoms with Gasteiger partial charge in [-0.2, -0.15) is 0 Å². The minimum absolute atomic E-state index is 0.130. The van der Waals surface area contributed by atoms with Gasteiger partial charge in [0.1, 0.15) is 0 Å². The van der Waals surface area contributed by atoms with E-state index in [-0.39, 0.29) is 9.76 Å². The van der Waals surface area contributed by atoms with E-state index in [1.54, 1.807) is 6.42 Å². The van der Waals surface area contributed by atoms with E-state index in [1.807, 2.05) is 7.11 Å². The van der Waals surface area contributed by atoms with E-state index in [9.17, 15) is 0 Å². The molecule has 0 saturated heterocycles. The van der Waals surface area contributed by atoms with Gasteiger partial charge in [-0.05, 0) is 30.2 Å². The van der Waals surface area contributed by atoms with Crippen molar-refractivity contribution in [2.45, 2.75) is 31.2 Å². The van der Waals surface area contributed by atoms with Crippen LogP contribution in [0.4, 0.5) is 0 Å². The Balaban J connectivity index is 1.90. The van der Waals surface area contributed by atoms with E-state index in [4.69, 9.17) is 4.43 Å². The molecule has 3 atom stereocenters. The second-order valence-electron chi connectivity index (χ2n) is 3.89. The minimum atomic E-state index is -0.130. The molecule has 2 fully saturated rings. The van der Waals surface area contributed by atoms with Crippen LogP contribution in [0.25, 0.3) is 0 Å². The molecule has 2 aliphatic carbocycles. The maximum absolute atomic E-state index is 5.32. The molecule has 2 heteroatoms. The fraction of sp³-hybridized carbons (Fsp3) is 1.00. The Morgan fingerprint density at radius 3 is 2.70 bits per heavy atom. The summed E-state index contributed by atoms with van der Waals surface area (Å²) in [6, 6.07) is 0. The zero-order chi connectivity index (χ0) is 6.97. The van der Waals surface area contributed by atoms with E-state index in [0.717, 1.165) is 17.4 Å². The molecular weight excluding hydrogens is 140 g/mol. The number of hydrogen-bond acceptors (Lipinski definition) is 1. The molecule has 0 aromatic rings. The Labute approximate surface area is 65.1 Å². The summed E-state index contributed by atoms with van der Waals surface area (Å²) in [4.78, 5) is 0. The summed E-state index contributed by atoms with van der Waals surface area (Å²) in [6.07, 6.45) is 6.11. The van der Waals surface area contributed by atoms with Crippen molar-refractivity contribution in [3.63, 3.8) is 0 Å². The van der Waals surface area contributed by atoms with Crippen molar-refractivity contribution in [1.29, 1.82) is 0 Å². The lowest BCUT2D eigenvalue weighted by Gasteiger charge is -2.19. The first kappa shape index (κ1) is 6.86. The van der Waals surface area contributed by atoms with E-state index >= 15 is 0 Å². The van der Waals surface area contributed by atoms with Crippen LogP contribution in [0.5, 0.6) is 0 Å². The van der Waals surface area contributed by atoms with Gasteiger partial charge in [-0.25, -0.2) is 0 Å². The molecule has 0 spiro atoms. The third kappa shape index (κ3) is 1.03. The highest BCUT2D eigenvalue weighted by Gasteiger charge is 2.39. The van der Waals surface area contributed by atoms with Crippen LogP contribution in [0.3, 0.4) is 0 Å². The van der Waals surface area contributed by atoms with Crippen LogP contribution in [-0.4, -0.2) is 16.9 Å². The van der Waals surface area contributed by atoms with E-state index in [0.29, 0.717) is 0 Å². The SMILES string of the molecule is CO[SiH2]C1CC2CCC1C2. The Morgan fingerprint density at radius 1 is 1.30 bits per heavy atom. The molecule has 2 rings (SSSR count). The highest BCUT2D eigenvalue weighted by atomic mass is 28.2. The molecule has 2 bridgehead atoms. The smallest absolute Gasteiger partial charge is 0.164 e. The Morgan fingerprint density at radius 2 is 2.20 bits per heavy atom. The van der Waals surface area contributed by atoms with Crippen molar-refractivity contribution in [1.82, 2.24) is 0 Å². The number of hydrogen-bond donors (Lipinski definition) is 0. The lowest BCUT2D eigenvalue weighted by atomic mass is 10.0. The van der Waals surface area contributed by atoms with Gasteiger partial charge >= 0.3 is 0 Å². The van der Waals surface area contributed by atoms with Gasteiger partial charge < -0.3 is 4.43 Å². The van der Waals surface area contributed by atoms with Crippen molar-refractivity contribution in [2.24, 2.45) is 11.8 Å². The van der Waals surface area contributed by atoms with Crippen LogP contribution in [-0.2, 0) is 4.43 Å². The molecule has 1 nitrogen and oxygen atoms in total. The second kappa shape index (κ2) is 2.66. The first-order valence-corrected chi connectivity index (χ1v) is 5.78. The van der Waals surface area contributed by atoms with Gasteiger partial charge in [0, 0.05) is 7.11 Å². The minimum Gasteiger partial charge on any atom is -0.427 e. The molecule has 0 aromatic carbocycles. The summed E-state index contributed by atoms with van der Waals surface area (Å²) >= 11 is 0. The van der Waals surface area contributed by atoms with Crippen LogP contribution in [0.15, 0.2) is 0 Å². The fourth-order valence-corrected chi connectivity index (χ4v) is 4.53. The quantitative estimate of drug-likeness (QED) is 0.548. The molecule has 0 heterocycles. The molecule has 2 saturated carbocycles. The van der Waals surface area contributed by atoms with Crippen LogP contribution in [0, 0.1) is 11.8 Å². The Bertz CT molecular complexity index is 126. The molecule has 3 unspecified atom stereocenters. The standard InChI is InChI=1S/C8H16OSi/c1-9-10-8-5-6-2-3-7(8)4-6/h6-8H,2-5,10H2,1H3. The molecule has 2 aliphatic rings. The monoisotopic (exact) mass is 156 g/mol. The van der Waals surface area contributed by atoms with Crippen LogP contribution < -0.4 is 0 Å². The Hall–Kier alpha value is 0.177. The van der Waals surface area contributed by atoms with Crippen molar-refractivity contribution in [3.05, 3.63) is 0 Å². The van der Waals surface area contributed by atoms with Crippen molar-refractivity contribution in [3.8, 4) is 0 Å². The maximum Gasteiger partial charge on any atom is 0.164 e. The largest absolute Gasteiger partial charge is 0.427 e. The molecule has 10 heavy (non-hydrogen) atoms. The van der Waals surface area contributed by atoms with Crippen molar-refractivity contribution < 1.29 is 4.43 Å². The first-order valence-electron chi connectivity index (χ1n) is 4.39. The van der Waals surface area contributed by atoms with Gasteiger partial charge in [-0.3, -0.25) is 0 Å². The average molecular weight is 156 g/mol. The van der Waals surface area contributed by atoms with Gasteiger partial charge in [0.2, 0.25) is 0 Å². The van der Waals surface area contributed by atoms with Gasteiger partial charge in [0.05, 0.1) is 0 Å². The summed E-state index contributed by atoms with van der Waals surface area (Å²) < 4.78 is 5.32. The van der Waals surface area contributed by atoms with Crippen molar-refractivity contribution >= 4 is 9.76 Å². The van der Waals surface area contributed by atoms with Gasteiger partial charge in [0.15, 0.2) is 9.76 Å². The summed E-state index contributed by atoms with van der Waals surface area (Å²) in [6.45, 7) is 0. The zero-order valence-electron chi connectivity index (χ0n) is 6.68. The van der Waals surface area contributed by atoms with E-state index < -0.39 is 0 Å². The zero-order valence-corrected chi connectivity index (χ0v) is 8.09. The third-order valence-corrected chi connectivity index (χ3v) is 5.03. The summed E-state index contributed by atoms with van der Waals surface area (Å²) in [5, 5.41) is 0. The van der Waals surface area contributed by atoms with Crippen LogP contribution >= 0.6 is 0 Å². The predicted octanol–water partition coefficient (Wildman–Crippen LogP) is 1.33. The van der Waals surface area contributed by atoms with Crippen LogP contribution in [0.2, 0.25) is 5.54 Å². The highest BCUT2D eigenvalue weighted by molar-refractivity contribution is 6.29. The van der Waals surface area contributed by atoms with Gasteiger partial charge in [-0.1, -0.05) is 12.8 Å². The van der Waals surface area contributed by atoms with Gasteiger partial charge in [0.25, 0.3) is 0 Å². The predicted molar refractivity (Wildman–Crippen MR) is 44.8 cm³/mol. The van der Waals surface area contributed by atoms with Gasteiger partial charge in [-0.15, -0.1) is 0 Å². The summed E-state index contributed by atoms with van der Waals surface area (Å²) in [7, 11) is 1.76. The van der Waals surface area contributed by atoms with E-state index in [1.165, 1.54) is 19.3 Å². The number of fused-ring (bicyclic) bond motifs is 2. The molecule has 0 aromatic heterocycles. The average Bonchev–Trinajstić information content (AvgIpc) is 2.48. The first-order chi connectivity index (χ1) is 4.90. The van der Waals surface area contributed by atoms with E-state index in [2.05, 4.69) is 0 Å². The third-order valence-electron chi connectivity index (χ3n) is 3.27. The molecule has 0 aliphatic heterocycles. The highest BCUT2D eigenvalue weighted by Crippen LogP contribution is 2.51. The summed E-state index contributed by atoms with van der Waals surface area (Å²) in [5.41, 5.74) is 1.06. The molecule has 0 radical (unpaired) electrons. The summed E-state index contributed by atoms with van der Waals surface area (Å²) in [5.74, 6) is 2.20. The van der Waals surface area contributed by atoms with Crippen molar-refractivity contribution in [2.75, 3.05) is 7.11 Å².